The van der Waals surface area contributed by atoms with Gasteiger partial charge in [0.2, 0.25) is 0 Å². The fraction of sp³-hybridized carbons (Fsp3) is 0.269. The van der Waals surface area contributed by atoms with Crippen LogP contribution in [0.1, 0.15) is 123 Å². The van der Waals surface area contributed by atoms with Crippen molar-refractivity contribution in [1.29, 1.82) is 0 Å². The number of hydrogen-bond donors (Lipinski definition) is 0. The summed E-state index contributed by atoms with van der Waals surface area (Å²) in [5.74, 6) is 0. The lowest BCUT2D eigenvalue weighted by molar-refractivity contribution is 0.596. The summed E-state index contributed by atoms with van der Waals surface area (Å²) in [5, 5.41) is 0. The molecule has 0 N–H and O–H groups in total. The summed E-state index contributed by atoms with van der Waals surface area (Å²) in [6.07, 6.45) is 11.4. The van der Waals surface area contributed by atoms with E-state index in [9.17, 15) is 0 Å². The summed E-state index contributed by atoms with van der Waals surface area (Å²) >= 11 is 0. The van der Waals surface area contributed by atoms with Crippen molar-refractivity contribution in [1.82, 2.24) is 0 Å². The molecule has 0 aliphatic heterocycles. The molecule has 0 spiro atoms. The summed E-state index contributed by atoms with van der Waals surface area (Å²) in [5.41, 5.74) is 26.2. The number of nitrogens with zero attached hydrogens (tertiary/aromatic N) is 1. The van der Waals surface area contributed by atoms with Crippen molar-refractivity contribution in [3.05, 3.63) is 243 Å². The average Bonchev–Trinajstić information content (AvgIpc) is 3.70. The standard InChI is InChI=1S/C18H19N.C17H18.C16H16.C14H16.C2H6/c1-5-12-19-17-11-10-14(3)18(15(17)4)16-9-7-6-8-13(16)2;1-11-5-7-13-14-8-6-12(2)10-16(14)17(3,4)15(13)9-11;1-11-8-9-13-12-6-4-5-7-14(12)16(2,3)15(13)10-11;1-12-8-10-14(2,11-9-12)13-6-4-3-5-7-13;1-2/h5-12H,1H2,2-4H3;5-10H,1-4H3;4-10H,1-3H3;3-10H,11H2,1-2H3;1-2H3. The van der Waals surface area contributed by atoms with E-state index >= 15 is 0 Å². The summed E-state index contributed by atoms with van der Waals surface area (Å²) < 4.78 is 0. The van der Waals surface area contributed by atoms with Crippen LogP contribution in [0.3, 0.4) is 0 Å². The molecular weight excluding hydrogens is 819 g/mol. The molecule has 0 radical (unpaired) electrons. The molecule has 7 aromatic carbocycles. The van der Waals surface area contributed by atoms with Crippen LogP contribution in [0.25, 0.3) is 33.4 Å². The minimum absolute atomic E-state index is 0.142. The number of fused-ring (bicyclic) bond motifs is 6. The van der Waals surface area contributed by atoms with Crippen LogP contribution in [0.2, 0.25) is 0 Å². The van der Waals surface area contributed by atoms with Gasteiger partial charge >= 0.3 is 0 Å². The zero-order valence-electron chi connectivity index (χ0n) is 43.6. The van der Waals surface area contributed by atoms with E-state index in [1.54, 1.807) is 12.3 Å². The van der Waals surface area contributed by atoms with E-state index in [1.807, 2.05) is 13.8 Å². The summed E-state index contributed by atoms with van der Waals surface area (Å²) in [6, 6.07) is 52.6. The molecule has 1 atom stereocenters. The third-order valence-electron chi connectivity index (χ3n) is 14.1. The quantitative estimate of drug-likeness (QED) is 0.156. The molecule has 348 valence electrons. The number of allylic oxidation sites excluding steroid dienone is 5. The predicted octanol–water partition coefficient (Wildman–Crippen LogP) is 19.0. The molecule has 0 amide bonds. The second kappa shape index (κ2) is 21.6. The number of aliphatic imine (C=N–C) groups is 1. The van der Waals surface area contributed by atoms with Crippen LogP contribution in [-0.4, -0.2) is 6.21 Å². The van der Waals surface area contributed by atoms with Gasteiger partial charge in [-0.05, 0) is 139 Å². The number of hydrogen-bond acceptors (Lipinski definition) is 1. The van der Waals surface area contributed by atoms with Crippen LogP contribution in [-0.2, 0) is 16.2 Å². The molecule has 0 saturated carbocycles. The Morgan fingerprint density at radius 2 is 0.956 bits per heavy atom. The minimum Gasteiger partial charge on any atom is -0.257 e. The van der Waals surface area contributed by atoms with Crippen LogP contribution in [0.15, 0.2) is 187 Å². The summed E-state index contributed by atoms with van der Waals surface area (Å²) in [7, 11) is 0. The molecule has 0 bridgehead atoms. The Kier molecular flexibility index (Phi) is 16.1. The van der Waals surface area contributed by atoms with Gasteiger partial charge in [-0.15, -0.1) is 0 Å². The Labute approximate surface area is 411 Å². The fourth-order valence-electron chi connectivity index (χ4n) is 10.0. The van der Waals surface area contributed by atoms with Crippen LogP contribution < -0.4 is 0 Å². The third-order valence-corrected chi connectivity index (χ3v) is 14.1. The lowest BCUT2D eigenvalue weighted by Gasteiger charge is -2.28. The second-order valence-electron chi connectivity index (χ2n) is 19.9. The Balaban J connectivity index is 0.000000148. The monoisotopic (exact) mass is 894 g/mol. The van der Waals surface area contributed by atoms with Gasteiger partial charge in [-0.3, -0.25) is 4.99 Å². The molecule has 7 aromatic rings. The molecule has 68 heavy (non-hydrogen) atoms. The minimum atomic E-state index is 0.142. The Morgan fingerprint density at radius 3 is 1.46 bits per heavy atom. The van der Waals surface area contributed by atoms with Gasteiger partial charge in [-0.25, -0.2) is 0 Å². The van der Waals surface area contributed by atoms with Crippen LogP contribution in [0.5, 0.6) is 0 Å². The molecule has 0 heterocycles. The molecule has 1 nitrogen and oxygen atoms in total. The first-order valence-corrected chi connectivity index (χ1v) is 24.6. The molecule has 1 heteroatoms. The molecule has 1 unspecified atom stereocenters. The van der Waals surface area contributed by atoms with Gasteiger partial charge in [0, 0.05) is 22.5 Å². The normalized spacial score (nSPS) is 16.1. The maximum atomic E-state index is 4.44. The smallest absolute Gasteiger partial charge is 0.0665 e. The van der Waals surface area contributed by atoms with Crippen molar-refractivity contribution < 1.29 is 0 Å². The third kappa shape index (κ3) is 10.7. The largest absolute Gasteiger partial charge is 0.257 e. The van der Waals surface area contributed by atoms with Crippen LogP contribution in [0, 0.1) is 41.5 Å². The van der Waals surface area contributed by atoms with Crippen molar-refractivity contribution in [2.24, 2.45) is 4.99 Å². The van der Waals surface area contributed by atoms with Crippen LogP contribution in [0.4, 0.5) is 5.69 Å². The van der Waals surface area contributed by atoms with Crippen molar-refractivity contribution >= 4 is 11.9 Å². The topological polar surface area (TPSA) is 12.4 Å². The van der Waals surface area contributed by atoms with Gasteiger partial charge in [-0.1, -0.05) is 241 Å². The first kappa shape index (κ1) is 50.8. The van der Waals surface area contributed by atoms with Gasteiger partial charge < -0.3 is 0 Å². The van der Waals surface area contributed by atoms with Gasteiger partial charge in [0.1, 0.15) is 0 Å². The first-order valence-electron chi connectivity index (χ1n) is 24.6. The molecule has 0 aromatic heterocycles. The number of aryl methyl sites for hydroxylation is 5. The Hall–Kier alpha value is -6.57. The SMILES string of the molecule is C=CC=Nc1ccc(C)c(-c2ccccc2C)c1C.CC.CC1=CCC(C)(c2ccccc2)C=C1.Cc1ccc2c(c1)C(C)(C)c1cc(C)ccc1-2.Cc1ccc2c(c1)C(C)(C)c1ccccc1-2. The van der Waals surface area contributed by atoms with E-state index in [0.29, 0.717) is 0 Å². The first-order chi connectivity index (χ1) is 32.5. The highest BCUT2D eigenvalue weighted by Gasteiger charge is 2.36. The van der Waals surface area contributed by atoms with Crippen molar-refractivity contribution in [2.75, 3.05) is 0 Å². The van der Waals surface area contributed by atoms with Gasteiger partial charge in [0.05, 0.1) is 5.69 Å². The van der Waals surface area contributed by atoms with Gasteiger partial charge in [0.15, 0.2) is 0 Å². The lowest BCUT2D eigenvalue weighted by Crippen LogP contribution is -2.19. The van der Waals surface area contributed by atoms with E-state index in [4.69, 9.17) is 0 Å². The second-order valence-corrected chi connectivity index (χ2v) is 19.9. The molecule has 3 aliphatic rings. The van der Waals surface area contributed by atoms with E-state index in [-0.39, 0.29) is 16.2 Å². The van der Waals surface area contributed by atoms with Crippen LogP contribution >= 0.6 is 0 Å². The Bertz CT molecular complexity index is 2930. The molecule has 0 fully saturated rings. The lowest BCUT2D eigenvalue weighted by atomic mass is 9.76. The zero-order chi connectivity index (χ0) is 49.4. The van der Waals surface area contributed by atoms with Gasteiger partial charge in [0.25, 0.3) is 0 Å². The Morgan fingerprint density at radius 1 is 0.485 bits per heavy atom. The summed E-state index contributed by atoms with van der Waals surface area (Å²) in [6.45, 7) is 34.3. The van der Waals surface area contributed by atoms with Crippen molar-refractivity contribution in [3.8, 4) is 33.4 Å². The maximum Gasteiger partial charge on any atom is 0.0665 e. The maximum absolute atomic E-state index is 4.44. The molecule has 3 aliphatic carbocycles. The molecule has 0 saturated heterocycles. The number of rotatable bonds is 4. The predicted molar refractivity (Wildman–Crippen MR) is 299 cm³/mol. The van der Waals surface area contributed by atoms with E-state index in [0.717, 1.165) is 12.1 Å². The fourth-order valence-corrected chi connectivity index (χ4v) is 10.0. The highest BCUT2D eigenvalue weighted by atomic mass is 14.7. The van der Waals surface area contributed by atoms with Gasteiger partial charge in [-0.2, -0.15) is 0 Å². The van der Waals surface area contributed by atoms with E-state index < -0.39 is 0 Å². The molecule has 10 rings (SSSR count). The summed E-state index contributed by atoms with van der Waals surface area (Å²) in [4.78, 5) is 4.44. The van der Waals surface area contributed by atoms with Crippen molar-refractivity contribution in [3.63, 3.8) is 0 Å². The number of benzene rings is 7. The van der Waals surface area contributed by atoms with E-state index in [1.165, 1.54) is 100 Å². The zero-order valence-corrected chi connectivity index (χ0v) is 43.6. The highest BCUT2D eigenvalue weighted by molar-refractivity contribution is 5.83. The molecular formula is C67H75N. The van der Waals surface area contributed by atoms with E-state index in [2.05, 4.69) is 258 Å². The highest BCUT2D eigenvalue weighted by Crippen LogP contribution is 2.50. The van der Waals surface area contributed by atoms with Crippen molar-refractivity contribution in [2.45, 2.75) is 120 Å². The average molecular weight is 894 g/mol.